The van der Waals surface area contributed by atoms with Crippen molar-refractivity contribution in [3.05, 3.63) is 58.7 Å². The number of hydrogen-bond acceptors (Lipinski definition) is 3. The zero-order valence-electron chi connectivity index (χ0n) is 15.3. The number of carbonyl (C=O) groups is 1. The lowest BCUT2D eigenvalue weighted by Crippen LogP contribution is -2.22. The number of rotatable bonds is 5. The molecule has 2 aromatic carbocycles. The number of amides is 1. The Kier molecular flexibility index (Phi) is 5.05. The molecule has 0 unspecified atom stereocenters. The first-order valence-corrected chi connectivity index (χ1v) is 10.4. The number of fused-ring (bicyclic) bond motifs is 1. The van der Waals surface area contributed by atoms with Crippen molar-refractivity contribution >= 4 is 27.3 Å². The van der Waals surface area contributed by atoms with Crippen molar-refractivity contribution in [3.8, 4) is 0 Å². The molecule has 0 spiro atoms. The van der Waals surface area contributed by atoms with Gasteiger partial charge in [-0.15, -0.1) is 0 Å². The topological polar surface area (TPSA) is 75.3 Å². The highest BCUT2D eigenvalue weighted by Crippen LogP contribution is 2.30. The Hall–Kier alpha value is -2.34. The molecule has 2 aromatic rings. The van der Waals surface area contributed by atoms with Crippen LogP contribution in [-0.2, 0) is 22.9 Å². The van der Waals surface area contributed by atoms with Crippen LogP contribution in [-0.4, -0.2) is 19.6 Å². The Bertz CT molecular complexity index is 932. The standard InChI is InChI=1S/C20H24N2O3S/c1-13(2)26(24,25)22-17-10-7-16(8-11-17)20(23)21-19-12-9-15-5-4-6-18(15)14(19)3/h7-13,22H,4-6H2,1-3H3,(H,21,23). The predicted molar refractivity (Wildman–Crippen MR) is 105 cm³/mol. The molecule has 0 radical (unpaired) electrons. The maximum atomic E-state index is 12.5. The second-order valence-corrected chi connectivity index (χ2v) is 9.19. The monoisotopic (exact) mass is 372 g/mol. The van der Waals surface area contributed by atoms with Gasteiger partial charge in [0.05, 0.1) is 5.25 Å². The zero-order chi connectivity index (χ0) is 18.9. The van der Waals surface area contributed by atoms with E-state index in [0.29, 0.717) is 11.3 Å². The summed E-state index contributed by atoms with van der Waals surface area (Å²) in [5, 5.41) is 2.44. The molecule has 3 rings (SSSR count). The maximum absolute atomic E-state index is 12.5. The zero-order valence-corrected chi connectivity index (χ0v) is 16.1. The molecular formula is C20H24N2O3S. The van der Waals surface area contributed by atoms with Crippen LogP contribution < -0.4 is 10.0 Å². The quantitative estimate of drug-likeness (QED) is 0.836. The molecule has 138 valence electrons. The fourth-order valence-electron chi connectivity index (χ4n) is 3.15. The van der Waals surface area contributed by atoms with Crippen LogP contribution in [0.3, 0.4) is 0 Å². The number of aryl methyl sites for hydroxylation is 1. The Morgan fingerprint density at radius 1 is 1.04 bits per heavy atom. The second kappa shape index (κ2) is 7.11. The Balaban J connectivity index is 1.73. The lowest BCUT2D eigenvalue weighted by Gasteiger charge is -2.13. The third-order valence-corrected chi connectivity index (χ3v) is 6.61. The number of anilines is 2. The van der Waals surface area contributed by atoms with E-state index in [1.165, 1.54) is 17.5 Å². The Labute approximate surface area is 154 Å². The number of carbonyl (C=O) groups excluding carboxylic acids is 1. The van der Waals surface area contributed by atoms with Crippen molar-refractivity contribution < 1.29 is 13.2 Å². The first kappa shape index (κ1) is 18.5. The van der Waals surface area contributed by atoms with E-state index in [-0.39, 0.29) is 5.91 Å². The van der Waals surface area contributed by atoms with E-state index in [0.717, 1.165) is 24.1 Å². The summed E-state index contributed by atoms with van der Waals surface area (Å²) in [5.74, 6) is -0.204. The van der Waals surface area contributed by atoms with Gasteiger partial charge in [0.25, 0.3) is 5.91 Å². The third kappa shape index (κ3) is 3.75. The fraction of sp³-hybridized carbons (Fsp3) is 0.350. The maximum Gasteiger partial charge on any atom is 0.255 e. The molecule has 1 amide bonds. The molecule has 2 N–H and O–H groups in total. The van der Waals surface area contributed by atoms with Gasteiger partial charge in [0, 0.05) is 16.9 Å². The summed E-state index contributed by atoms with van der Waals surface area (Å²) in [6, 6.07) is 10.5. The molecule has 0 heterocycles. The van der Waals surface area contributed by atoms with Gasteiger partial charge in [-0.25, -0.2) is 8.42 Å². The van der Waals surface area contributed by atoms with Crippen molar-refractivity contribution in [2.75, 3.05) is 10.0 Å². The van der Waals surface area contributed by atoms with E-state index in [1.807, 2.05) is 13.0 Å². The summed E-state index contributed by atoms with van der Waals surface area (Å²) in [7, 11) is -3.39. The average Bonchev–Trinajstić information content (AvgIpc) is 3.07. The summed E-state index contributed by atoms with van der Waals surface area (Å²) in [4.78, 5) is 12.5. The van der Waals surface area contributed by atoms with Gasteiger partial charge < -0.3 is 5.32 Å². The molecule has 26 heavy (non-hydrogen) atoms. The van der Waals surface area contributed by atoms with Crippen LogP contribution in [0.25, 0.3) is 0 Å². The van der Waals surface area contributed by atoms with E-state index < -0.39 is 15.3 Å². The Morgan fingerprint density at radius 2 is 1.73 bits per heavy atom. The molecule has 0 aromatic heterocycles. The van der Waals surface area contributed by atoms with Gasteiger partial charge in [-0.05, 0) is 87.1 Å². The minimum Gasteiger partial charge on any atom is -0.322 e. The van der Waals surface area contributed by atoms with Gasteiger partial charge in [-0.1, -0.05) is 6.07 Å². The van der Waals surface area contributed by atoms with Crippen molar-refractivity contribution in [2.45, 2.75) is 45.3 Å². The molecule has 6 heteroatoms. The van der Waals surface area contributed by atoms with E-state index >= 15 is 0 Å². The van der Waals surface area contributed by atoms with Crippen molar-refractivity contribution in [3.63, 3.8) is 0 Å². The summed E-state index contributed by atoms with van der Waals surface area (Å²) in [6.45, 7) is 5.27. The van der Waals surface area contributed by atoms with Crippen molar-refractivity contribution in [1.29, 1.82) is 0 Å². The number of sulfonamides is 1. The highest BCUT2D eigenvalue weighted by atomic mass is 32.2. The van der Waals surface area contributed by atoms with Gasteiger partial charge >= 0.3 is 0 Å². The minimum absolute atomic E-state index is 0.204. The van der Waals surface area contributed by atoms with Crippen LogP contribution in [0.1, 0.15) is 47.3 Å². The summed E-state index contributed by atoms with van der Waals surface area (Å²) >= 11 is 0. The molecule has 0 saturated heterocycles. The predicted octanol–water partition coefficient (Wildman–Crippen LogP) is 3.89. The highest BCUT2D eigenvalue weighted by Gasteiger charge is 2.18. The van der Waals surface area contributed by atoms with Gasteiger partial charge in [-0.3, -0.25) is 9.52 Å². The molecule has 0 aliphatic heterocycles. The fourth-order valence-corrected chi connectivity index (χ4v) is 3.85. The summed E-state index contributed by atoms with van der Waals surface area (Å²) < 4.78 is 26.3. The normalized spacial score (nSPS) is 13.5. The van der Waals surface area contributed by atoms with Gasteiger partial charge in [0.2, 0.25) is 10.0 Å². The number of benzene rings is 2. The van der Waals surface area contributed by atoms with Gasteiger partial charge in [0.1, 0.15) is 0 Å². The average molecular weight is 372 g/mol. The smallest absolute Gasteiger partial charge is 0.255 e. The first-order chi connectivity index (χ1) is 12.3. The molecule has 0 saturated carbocycles. The third-order valence-electron chi connectivity index (χ3n) is 4.84. The molecule has 0 atom stereocenters. The van der Waals surface area contributed by atoms with Crippen molar-refractivity contribution in [2.24, 2.45) is 0 Å². The number of hydrogen-bond donors (Lipinski definition) is 2. The lowest BCUT2D eigenvalue weighted by atomic mass is 10.0. The van der Waals surface area contributed by atoms with E-state index in [4.69, 9.17) is 0 Å². The Morgan fingerprint density at radius 3 is 2.38 bits per heavy atom. The van der Waals surface area contributed by atoms with Gasteiger partial charge in [-0.2, -0.15) is 0 Å². The second-order valence-electron chi connectivity index (χ2n) is 6.96. The summed E-state index contributed by atoms with van der Waals surface area (Å²) in [6.07, 6.45) is 3.34. The lowest BCUT2D eigenvalue weighted by molar-refractivity contribution is 0.102. The molecule has 1 aliphatic rings. The van der Waals surface area contributed by atoms with Crippen LogP contribution in [0.15, 0.2) is 36.4 Å². The van der Waals surface area contributed by atoms with E-state index in [2.05, 4.69) is 16.1 Å². The minimum atomic E-state index is -3.39. The van der Waals surface area contributed by atoms with Crippen LogP contribution >= 0.6 is 0 Å². The molecule has 1 aliphatic carbocycles. The largest absolute Gasteiger partial charge is 0.322 e. The van der Waals surface area contributed by atoms with E-state index in [9.17, 15) is 13.2 Å². The molecule has 0 fully saturated rings. The van der Waals surface area contributed by atoms with Crippen LogP contribution in [0.4, 0.5) is 11.4 Å². The van der Waals surface area contributed by atoms with Crippen molar-refractivity contribution in [1.82, 2.24) is 0 Å². The van der Waals surface area contributed by atoms with E-state index in [1.54, 1.807) is 38.1 Å². The van der Waals surface area contributed by atoms with Gasteiger partial charge in [0.15, 0.2) is 0 Å². The number of nitrogens with one attached hydrogen (secondary N) is 2. The molecular weight excluding hydrogens is 348 g/mol. The molecule has 0 bridgehead atoms. The summed E-state index contributed by atoms with van der Waals surface area (Å²) in [5.41, 5.74) is 5.62. The molecule has 5 nitrogen and oxygen atoms in total. The highest BCUT2D eigenvalue weighted by molar-refractivity contribution is 7.93. The van der Waals surface area contributed by atoms with Crippen LogP contribution in [0.5, 0.6) is 0 Å². The first-order valence-electron chi connectivity index (χ1n) is 8.82. The van der Waals surface area contributed by atoms with Crippen LogP contribution in [0, 0.1) is 6.92 Å². The SMILES string of the molecule is Cc1c(NC(=O)c2ccc(NS(=O)(=O)C(C)C)cc2)ccc2c1CCC2. The van der Waals surface area contributed by atoms with Crippen LogP contribution in [0.2, 0.25) is 0 Å².